The van der Waals surface area contributed by atoms with E-state index < -0.39 is 0 Å². The molecule has 0 N–H and O–H groups in total. The summed E-state index contributed by atoms with van der Waals surface area (Å²) >= 11 is 0. The predicted molar refractivity (Wildman–Crippen MR) is 70.0 cm³/mol. The van der Waals surface area contributed by atoms with E-state index >= 15 is 0 Å². The first-order chi connectivity index (χ1) is 9.22. The van der Waals surface area contributed by atoms with Gasteiger partial charge in [0, 0.05) is 0 Å². The second kappa shape index (κ2) is 4.31. The molecule has 0 saturated heterocycles. The van der Waals surface area contributed by atoms with Crippen LogP contribution in [0.15, 0.2) is 46.0 Å². The minimum absolute atomic E-state index is 0.320. The van der Waals surface area contributed by atoms with Crippen LogP contribution in [0.3, 0.4) is 0 Å². The number of hydrogen-bond donors (Lipinski definition) is 0. The van der Waals surface area contributed by atoms with E-state index in [2.05, 4.69) is 0 Å². The molecular weight excluding hydrogens is 246 g/mol. The van der Waals surface area contributed by atoms with E-state index in [-0.39, 0.29) is 11.4 Å². The predicted octanol–water partition coefficient (Wildman–Crippen LogP) is 0.379. The summed E-state index contributed by atoms with van der Waals surface area (Å²) in [6, 6.07) is 6.84. The highest BCUT2D eigenvalue weighted by atomic mass is 16.5. The van der Waals surface area contributed by atoms with Crippen LogP contribution >= 0.6 is 0 Å². The molecule has 0 saturated carbocycles. The third-order valence-corrected chi connectivity index (χ3v) is 3.17. The lowest BCUT2D eigenvalue weighted by Gasteiger charge is -2.08. The van der Waals surface area contributed by atoms with Gasteiger partial charge in [-0.15, -0.1) is 0 Å². The zero-order valence-electron chi connectivity index (χ0n) is 10.4. The summed E-state index contributed by atoms with van der Waals surface area (Å²) in [5, 5.41) is 0. The standard InChI is InChI=1S/C13H13N3O3/c1-19-11-6-4-10(5-7-11)16-12(17)14-8-2-3-9-15(14)13(16)18/h2-7H,8-9H2,1H3. The van der Waals surface area contributed by atoms with Crippen LogP contribution in [0.4, 0.5) is 0 Å². The molecule has 0 amide bonds. The van der Waals surface area contributed by atoms with Crippen molar-refractivity contribution in [3.05, 3.63) is 57.4 Å². The van der Waals surface area contributed by atoms with Crippen LogP contribution in [-0.4, -0.2) is 21.0 Å². The van der Waals surface area contributed by atoms with E-state index in [0.717, 1.165) is 0 Å². The number of hydrogen-bond acceptors (Lipinski definition) is 3. The highest BCUT2D eigenvalue weighted by Crippen LogP contribution is 2.12. The lowest BCUT2D eigenvalue weighted by Crippen LogP contribution is -2.28. The third kappa shape index (κ3) is 1.72. The Labute approximate surface area is 108 Å². The van der Waals surface area contributed by atoms with Crippen molar-refractivity contribution >= 4 is 0 Å². The van der Waals surface area contributed by atoms with Gasteiger partial charge in [-0.2, -0.15) is 0 Å². The van der Waals surface area contributed by atoms with E-state index in [9.17, 15) is 9.59 Å². The molecule has 1 aromatic carbocycles. The van der Waals surface area contributed by atoms with Crippen LogP contribution in [-0.2, 0) is 13.1 Å². The summed E-state index contributed by atoms with van der Waals surface area (Å²) in [4.78, 5) is 24.5. The van der Waals surface area contributed by atoms with Gasteiger partial charge < -0.3 is 4.74 Å². The Morgan fingerprint density at radius 1 is 0.947 bits per heavy atom. The van der Waals surface area contributed by atoms with Gasteiger partial charge in [0.15, 0.2) is 0 Å². The Kier molecular flexibility index (Phi) is 2.63. The molecule has 6 nitrogen and oxygen atoms in total. The van der Waals surface area contributed by atoms with Gasteiger partial charge >= 0.3 is 11.4 Å². The molecule has 3 rings (SSSR count). The Morgan fingerprint density at radius 3 is 1.95 bits per heavy atom. The molecule has 0 atom stereocenters. The monoisotopic (exact) mass is 259 g/mol. The first kappa shape index (κ1) is 11.6. The molecule has 98 valence electrons. The lowest BCUT2D eigenvalue weighted by molar-refractivity contribution is 0.414. The Hall–Kier alpha value is -2.50. The number of ether oxygens (including phenoxy) is 1. The summed E-state index contributed by atoms with van der Waals surface area (Å²) < 4.78 is 9.11. The number of methoxy groups -OCH3 is 1. The van der Waals surface area contributed by atoms with Crippen molar-refractivity contribution < 1.29 is 4.74 Å². The molecule has 1 aliphatic rings. The maximum absolute atomic E-state index is 12.2. The van der Waals surface area contributed by atoms with Gasteiger partial charge in [-0.3, -0.25) is 0 Å². The summed E-state index contributed by atoms with van der Waals surface area (Å²) in [7, 11) is 1.57. The molecule has 0 unspecified atom stereocenters. The fourth-order valence-electron chi connectivity index (χ4n) is 2.17. The van der Waals surface area contributed by atoms with Gasteiger partial charge in [-0.05, 0) is 24.3 Å². The van der Waals surface area contributed by atoms with Crippen LogP contribution in [0.1, 0.15) is 0 Å². The van der Waals surface area contributed by atoms with Gasteiger partial charge in [-0.1, -0.05) is 12.2 Å². The molecule has 0 radical (unpaired) electrons. The van der Waals surface area contributed by atoms with Crippen LogP contribution in [0.2, 0.25) is 0 Å². The van der Waals surface area contributed by atoms with Crippen molar-refractivity contribution in [2.24, 2.45) is 0 Å². The second-order valence-corrected chi connectivity index (χ2v) is 4.23. The number of aromatic nitrogens is 3. The van der Waals surface area contributed by atoms with E-state index in [0.29, 0.717) is 24.5 Å². The Balaban J connectivity index is 2.18. The minimum atomic E-state index is -0.320. The van der Waals surface area contributed by atoms with Crippen molar-refractivity contribution in [3.8, 4) is 11.4 Å². The van der Waals surface area contributed by atoms with Crippen LogP contribution < -0.4 is 16.1 Å². The molecule has 0 spiro atoms. The van der Waals surface area contributed by atoms with Crippen LogP contribution in [0, 0.1) is 0 Å². The van der Waals surface area contributed by atoms with Crippen LogP contribution in [0.5, 0.6) is 5.75 Å². The second-order valence-electron chi connectivity index (χ2n) is 4.23. The largest absolute Gasteiger partial charge is 0.497 e. The van der Waals surface area contributed by atoms with E-state index in [1.807, 2.05) is 12.2 Å². The molecule has 0 aliphatic carbocycles. The fraction of sp³-hybridized carbons (Fsp3) is 0.231. The normalized spacial score (nSPS) is 13.3. The molecule has 1 aliphatic heterocycles. The molecular formula is C13H13N3O3. The topological polar surface area (TPSA) is 58.2 Å². The smallest absolute Gasteiger partial charge is 0.352 e. The number of fused-ring (bicyclic) bond motifs is 1. The van der Waals surface area contributed by atoms with Crippen molar-refractivity contribution in [2.45, 2.75) is 13.1 Å². The molecule has 2 aromatic rings. The quantitative estimate of drug-likeness (QED) is 0.733. The minimum Gasteiger partial charge on any atom is -0.497 e. The van der Waals surface area contributed by atoms with Gasteiger partial charge in [0.1, 0.15) is 5.75 Å². The SMILES string of the molecule is COc1ccc(-n2c(=O)n3n(c2=O)CC=CC3)cc1. The molecule has 0 bridgehead atoms. The summed E-state index contributed by atoms with van der Waals surface area (Å²) in [6.45, 7) is 0.856. The Morgan fingerprint density at radius 2 is 1.47 bits per heavy atom. The fourth-order valence-corrected chi connectivity index (χ4v) is 2.17. The first-order valence-corrected chi connectivity index (χ1v) is 5.94. The first-order valence-electron chi connectivity index (χ1n) is 5.94. The molecule has 19 heavy (non-hydrogen) atoms. The summed E-state index contributed by atoms with van der Waals surface area (Å²) in [5.41, 5.74) is -0.0933. The number of allylic oxidation sites excluding steroid dienone is 2. The van der Waals surface area contributed by atoms with E-state index in [1.54, 1.807) is 31.4 Å². The van der Waals surface area contributed by atoms with Gasteiger partial charge in [0.25, 0.3) is 0 Å². The van der Waals surface area contributed by atoms with Crippen molar-refractivity contribution in [1.82, 2.24) is 13.9 Å². The molecule has 1 aromatic heterocycles. The average Bonchev–Trinajstić information content (AvgIpc) is 2.72. The van der Waals surface area contributed by atoms with Crippen molar-refractivity contribution in [1.29, 1.82) is 0 Å². The van der Waals surface area contributed by atoms with E-state index in [4.69, 9.17) is 4.74 Å². The highest BCUT2D eigenvalue weighted by molar-refractivity contribution is 5.37. The van der Waals surface area contributed by atoms with Gasteiger partial charge in [-0.25, -0.2) is 23.5 Å². The zero-order chi connectivity index (χ0) is 13.4. The van der Waals surface area contributed by atoms with E-state index in [1.165, 1.54) is 13.9 Å². The van der Waals surface area contributed by atoms with Gasteiger partial charge in [0.2, 0.25) is 0 Å². The third-order valence-electron chi connectivity index (χ3n) is 3.17. The molecule has 6 heteroatoms. The number of benzene rings is 1. The summed E-state index contributed by atoms with van der Waals surface area (Å²) in [5.74, 6) is 0.683. The average molecular weight is 259 g/mol. The maximum atomic E-state index is 12.2. The molecule has 2 heterocycles. The zero-order valence-corrected chi connectivity index (χ0v) is 10.4. The van der Waals surface area contributed by atoms with Crippen molar-refractivity contribution in [3.63, 3.8) is 0 Å². The molecule has 0 fully saturated rings. The van der Waals surface area contributed by atoms with Gasteiger partial charge in [0.05, 0.1) is 25.9 Å². The van der Waals surface area contributed by atoms with Crippen molar-refractivity contribution in [2.75, 3.05) is 7.11 Å². The van der Waals surface area contributed by atoms with Crippen LogP contribution in [0.25, 0.3) is 5.69 Å². The number of rotatable bonds is 2. The summed E-state index contributed by atoms with van der Waals surface area (Å²) in [6.07, 6.45) is 3.75. The highest BCUT2D eigenvalue weighted by Gasteiger charge is 2.17. The Bertz CT molecular complexity index is 707. The number of nitrogens with zero attached hydrogens (tertiary/aromatic N) is 3. The lowest BCUT2D eigenvalue weighted by atomic mass is 10.3. The maximum Gasteiger partial charge on any atom is 0.352 e.